The van der Waals surface area contributed by atoms with Gasteiger partial charge < -0.3 is 10.4 Å². The normalized spacial score (nSPS) is 10.4. The van der Waals surface area contributed by atoms with Crippen LogP contribution in [-0.4, -0.2) is 11.0 Å². The van der Waals surface area contributed by atoms with E-state index >= 15 is 0 Å². The Balaban J connectivity index is 1.80. The Labute approximate surface area is 141 Å². The summed E-state index contributed by atoms with van der Waals surface area (Å²) in [5.74, 6) is 0.0215. The molecule has 2 N–H and O–H groups in total. The lowest BCUT2D eigenvalue weighted by atomic mass is 10.0. The highest BCUT2D eigenvalue weighted by atomic mass is 16.3. The van der Waals surface area contributed by atoms with Crippen molar-refractivity contribution in [2.24, 2.45) is 0 Å². The number of anilines is 1. The molecule has 0 radical (unpaired) electrons. The van der Waals surface area contributed by atoms with Crippen LogP contribution < -0.4 is 5.32 Å². The van der Waals surface area contributed by atoms with Crippen LogP contribution in [0.5, 0.6) is 5.75 Å². The number of aromatic hydroxyl groups is 1. The van der Waals surface area contributed by atoms with Crippen LogP contribution in [0.3, 0.4) is 0 Å². The molecule has 3 aromatic carbocycles. The van der Waals surface area contributed by atoms with Crippen molar-refractivity contribution in [1.82, 2.24) is 0 Å². The van der Waals surface area contributed by atoms with Crippen molar-refractivity contribution >= 4 is 11.6 Å². The molecule has 24 heavy (non-hydrogen) atoms. The number of benzene rings is 3. The van der Waals surface area contributed by atoms with Gasteiger partial charge in [-0.3, -0.25) is 4.79 Å². The van der Waals surface area contributed by atoms with Crippen molar-refractivity contribution in [3.05, 3.63) is 83.4 Å². The van der Waals surface area contributed by atoms with E-state index in [2.05, 4.69) is 5.32 Å². The lowest BCUT2D eigenvalue weighted by Crippen LogP contribution is -2.12. The van der Waals surface area contributed by atoms with Gasteiger partial charge in [-0.25, -0.2) is 0 Å². The van der Waals surface area contributed by atoms with Crippen LogP contribution in [0.25, 0.3) is 11.1 Å². The smallest absolute Gasteiger partial charge is 0.255 e. The van der Waals surface area contributed by atoms with Crippen LogP contribution in [-0.2, 0) is 0 Å². The van der Waals surface area contributed by atoms with Gasteiger partial charge in [-0.2, -0.15) is 0 Å². The molecule has 0 aliphatic rings. The Morgan fingerprint density at radius 2 is 1.46 bits per heavy atom. The average Bonchev–Trinajstić information content (AvgIpc) is 2.63. The van der Waals surface area contributed by atoms with Crippen LogP contribution >= 0.6 is 0 Å². The van der Waals surface area contributed by atoms with Crippen molar-refractivity contribution in [2.45, 2.75) is 13.8 Å². The van der Waals surface area contributed by atoms with Gasteiger partial charge >= 0.3 is 0 Å². The Bertz CT molecular complexity index is 868. The highest BCUT2D eigenvalue weighted by Crippen LogP contribution is 2.28. The molecule has 0 fully saturated rings. The standard InChI is InChI=1S/C21H19NO2/c1-14-8-13-19(15(2)20(14)23)22-21(24)18-11-9-17(10-12-18)16-6-4-3-5-7-16/h3-13,23H,1-2H3,(H,22,24). The van der Waals surface area contributed by atoms with E-state index < -0.39 is 0 Å². The molecule has 3 heteroatoms. The molecule has 3 aromatic rings. The van der Waals surface area contributed by atoms with Gasteiger partial charge in [-0.15, -0.1) is 0 Å². The summed E-state index contributed by atoms with van der Waals surface area (Å²) in [4.78, 5) is 12.4. The number of amides is 1. The second kappa shape index (κ2) is 6.59. The highest BCUT2D eigenvalue weighted by molar-refractivity contribution is 6.05. The van der Waals surface area contributed by atoms with Crippen LogP contribution in [0.2, 0.25) is 0 Å². The maximum Gasteiger partial charge on any atom is 0.255 e. The van der Waals surface area contributed by atoms with E-state index in [-0.39, 0.29) is 11.7 Å². The molecular formula is C21H19NO2. The van der Waals surface area contributed by atoms with E-state index in [4.69, 9.17) is 0 Å². The number of carbonyl (C=O) groups excluding carboxylic acids is 1. The second-order valence-electron chi connectivity index (χ2n) is 5.80. The van der Waals surface area contributed by atoms with E-state index in [0.717, 1.165) is 16.7 Å². The zero-order chi connectivity index (χ0) is 17.1. The molecule has 3 rings (SSSR count). The quantitative estimate of drug-likeness (QED) is 0.719. The van der Waals surface area contributed by atoms with Crippen molar-refractivity contribution in [3.8, 4) is 16.9 Å². The first-order valence-electron chi connectivity index (χ1n) is 7.82. The molecule has 0 aliphatic carbocycles. The molecule has 0 saturated carbocycles. The van der Waals surface area contributed by atoms with E-state index in [1.165, 1.54) is 0 Å². The molecule has 0 heterocycles. The van der Waals surface area contributed by atoms with E-state index in [0.29, 0.717) is 16.8 Å². The Morgan fingerprint density at radius 3 is 2.12 bits per heavy atom. The molecular weight excluding hydrogens is 298 g/mol. The summed E-state index contributed by atoms with van der Waals surface area (Å²) >= 11 is 0. The molecule has 0 bridgehead atoms. The van der Waals surface area contributed by atoms with Gasteiger partial charge in [0.2, 0.25) is 0 Å². The molecule has 3 nitrogen and oxygen atoms in total. The second-order valence-corrected chi connectivity index (χ2v) is 5.80. The van der Waals surface area contributed by atoms with Gasteiger partial charge in [0.25, 0.3) is 5.91 Å². The van der Waals surface area contributed by atoms with Crippen molar-refractivity contribution in [1.29, 1.82) is 0 Å². The average molecular weight is 317 g/mol. The fraction of sp³-hybridized carbons (Fsp3) is 0.0952. The third kappa shape index (κ3) is 3.15. The predicted molar refractivity (Wildman–Crippen MR) is 97.4 cm³/mol. The maximum atomic E-state index is 12.4. The zero-order valence-electron chi connectivity index (χ0n) is 13.7. The van der Waals surface area contributed by atoms with Gasteiger partial charge in [0.15, 0.2) is 0 Å². The molecule has 0 aliphatic heterocycles. The van der Waals surface area contributed by atoms with Crippen LogP contribution in [0, 0.1) is 13.8 Å². The number of nitrogens with one attached hydrogen (secondary N) is 1. The molecule has 0 unspecified atom stereocenters. The molecule has 0 spiro atoms. The summed E-state index contributed by atoms with van der Waals surface area (Å²) in [5.41, 5.74) is 4.84. The number of phenols is 1. The third-order valence-corrected chi connectivity index (χ3v) is 4.14. The predicted octanol–water partition coefficient (Wildman–Crippen LogP) is 4.93. The summed E-state index contributed by atoms with van der Waals surface area (Å²) in [6.45, 7) is 3.62. The van der Waals surface area contributed by atoms with Gasteiger partial charge in [0.05, 0.1) is 0 Å². The minimum Gasteiger partial charge on any atom is -0.507 e. The monoisotopic (exact) mass is 317 g/mol. The van der Waals surface area contributed by atoms with Gasteiger partial charge in [-0.05, 0) is 48.7 Å². The van der Waals surface area contributed by atoms with E-state index in [9.17, 15) is 9.90 Å². The number of rotatable bonds is 3. The van der Waals surface area contributed by atoms with Crippen molar-refractivity contribution < 1.29 is 9.90 Å². The minimum atomic E-state index is -0.194. The summed E-state index contributed by atoms with van der Waals surface area (Å²) in [6, 6.07) is 21.1. The summed E-state index contributed by atoms with van der Waals surface area (Å²) in [7, 11) is 0. The summed E-state index contributed by atoms with van der Waals surface area (Å²) in [5, 5.41) is 12.8. The molecule has 0 aromatic heterocycles. The Hall–Kier alpha value is -3.07. The molecule has 120 valence electrons. The number of phenolic OH excluding ortho intramolecular Hbond substituents is 1. The maximum absolute atomic E-state index is 12.4. The van der Waals surface area contributed by atoms with Gasteiger partial charge in [0, 0.05) is 16.8 Å². The van der Waals surface area contributed by atoms with Gasteiger partial charge in [0.1, 0.15) is 5.75 Å². The van der Waals surface area contributed by atoms with Crippen LogP contribution in [0.4, 0.5) is 5.69 Å². The molecule has 1 amide bonds. The lowest BCUT2D eigenvalue weighted by Gasteiger charge is -2.11. The SMILES string of the molecule is Cc1ccc(NC(=O)c2ccc(-c3ccccc3)cc2)c(C)c1O. The molecule has 0 atom stereocenters. The molecule has 0 saturated heterocycles. The highest BCUT2D eigenvalue weighted by Gasteiger charge is 2.11. The Kier molecular flexibility index (Phi) is 4.34. The summed E-state index contributed by atoms with van der Waals surface area (Å²) in [6.07, 6.45) is 0. The van der Waals surface area contributed by atoms with Crippen molar-refractivity contribution in [2.75, 3.05) is 5.32 Å². The minimum absolute atomic E-state index is 0.194. The van der Waals surface area contributed by atoms with Crippen molar-refractivity contribution in [3.63, 3.8) is 0 Å². The number of hydrogen-bond donors (Lipinski definition) is 2. The number of carbonyl (C=O) groups is 1. The number of hydrogen-bond acceptors (Lipinski definition) is 2. The zero-order valence-corrected chi connectivity index (χ0v) is 13.7. The topological polar surface area (TPSA) is 49.3 Å². The van der Waals surface area contributed by atoms with Crippen LogP contribution in [0.15, 0.2) is 66.7 Å². The van der Waals surface area contributed by atoms with Crippen LogP contribution in [0.1, 0.15) is 21.5 Å². The van der Waals surface area contributed by atoms with Gasteiger partial charge in [-0.1, -0.05) is 48.5 Å². The third-order valence-electron chi connectivity index (χ3n) is 4.14. The first kappa shape index (κ1) is 15.8. The fourth-order valence-electron chi connectivity index (χ4n) is 2.61. The Morgan fingerprint density at radius 1 is 0.833 bits per heavy atom. The first-order valence-corrected chi connectivity index (χ1v) is 7.82. The number of aryl methyl sites for hydroxylation is 1. The fourth-order valence-corrected chi connectivity index (χ4v) is 2.61. The summed E-state index contributed by atoms with van der Waals surface area (Å²) < 4.78 is 0. The largest absolute Gasteiger partial charge is 0.507 e. The van der Waals surface area contributed by atoms with E-state index in [1.54, 1.807) is 31.2 Å². The van der Waals surface area contributed by atoms with E-state index in [1.807, 2.05) is 49.4 Å². The lowest BCUT2D eigenvalue weighted by molar-refractivity contribution is 0.102. The first-order chi connectivity index (χ1) is 11.6.